The third kappa shape index (κ3) is 3.06. The van der Waals surface area contributed by atoms with E-state index in [2.05, 4.69) is 40.9 Å². The molecule has 2 nitrogen and oxygen atoms in total. The molecule has 0 bridgehead atoms. The molecule has 0 unspecified atom stereocenters. The monoisotopic (exact) mass is 291 g/mol. The summed E-state index contributed by atoms with van der Waals surface area (Å²) in [6.07, 6.45) is 0. The van der Waals surface area contributed by atoms with Gasteiger partial charge in [0.25, 0.3) is 0 Å². The minimum absolute atomic E-state index is 0.719. The van der Waals surface area contributed by atoms with Crippen molar-refractivity contribution in [2.24, 2.45) is 0 Å². The minimum atomic E-state index is 0.719. The molecule has 0 saturated carbocycles. The van der Waals surface area contributed by atoms with E-state index in [1.54, 1.807) is 0 Å². The summed E-state index contributed by atoms with van der Waals surface area (Å²) in [6.45, 7) is 5.75. The molecule has 13 heavy (non-hydrogen) atoms. The average Bonchev–Trinajstić information content (AvgIpc) is 2.10. The molecule has 0 aliphatic heterocycles. The summed E-state index contributed by atoms with van der Waals surface area (Å²) < 4.78 is 6.59. The zero-order chi connectivity index (χ0) is 9.68. The van der Waals surface area contributed by atoms with Crippen molar-refractivity contribution in [2.75, 3.05) is 18.5 Å². The van der Waals surface area contributed by atoms with Crippen LogP contribution in [0.3, 0.4) is 0 Å². The van der Waals surface area contributed by atoms with E-state index in [9.17, 15) is 0 Å². The Balaban J connectivity index is 2.79. The van der Waals surface area contributed by atoms with Crippen molar-refractivity contribution < 1.29 is 4.74 Å². The molecule has 0 spiro atoms. The Morgan fingerprint density at radius 1 is 1.38 bits per heavy atom. The Hall–Kier alpha value is -0.450. The van der Waals surface area contributed by atoms with Crippen LogP contribution in [0, 0.1) is 3.57 Å². The van der Waals surface area contributed by atoms with Crippen molar-refractivity contribution in [1.29, 1.82) is 0 Å². The quantitative estimate of drug-likeness (QED) is 0.861. The first-order valence-electron chi connectivity index (χ1n) is 4.44. The van der Waals surface area contributed by atoms with Crippen LogP contribution >= 0.6 is 22.6 Å². The van der Waals surface area contributed by atoms with Crippen molar-refractivity contribution >= 4 is 28.3 Å². The molecule has 0 radical (unpaired) electrons. The smallest absolute Gasteiger partial charge is 0.120 e. The summed E-state index contributed by atoms with van der Waals surface area (Å²) in [5.41, 5.74) is 1.17. The normalized spacial score (nSPS) is 9.77. The van der Waals surface area contributed by atoms with Gasteiger partial charge in [0.1, 0.15) is 5.75 Å². The number of anilines is 1. The molecule has 1 aromatic carbocycles. The van der Waals surface area contributed by atoms with Gasteiger partial charge in [-0.3, -0.25) is 0 Å². The van der Waals surface area contributed by atoms with E-state index in [1.165, 1.54) is 9.26 Å². The molecule has 0 aromatic heterocycles. The highest BCUT2D eigenvalue weighted by Gasteiger charge is 1.99. The van der Waals surface area contributed by atoms with Gasteiger partial charge in [0.15, 0.2) is 0 Å². The summed E-state index contributed by atoms with van der Waals surface area (Å²) in [4.78, 5) is 0. The highest BCUT2D eigenvalue weighted by atomic mass is 127. The molecule has 72 valence electrons. The van der Waals surface area contributed by atoms with Gasteiger partial charge in [-0.1, -0.05) is 0 Å². The van der Waals surface area contributed by atoms with Crippen molar-refractivity contribution in [2.45, 2.75) is 13.8 Å². The Morgan fingerprint density at radius 3 is 2.69 bits per heavy atom. The fourth-order valence-electron chi connectivity index (χ4n) is 1.09. The summed E-state index contributed by atoms with van der Waals surface area (Å²) in [5.74, 6) is 0.938. The van der Waals surface area contributed by atoms with E-state index < -0.39 is 0 Å². The number of benzene rings is 1. The fraction of sp³-hybridized carbons (Fsp3) is 0.400. The van der Waals surface area contributed by atoms with E-state index in [4.69, 9.17) is 4.74 Å². The van der Waals surface area contributed by atoms with Gasteiger partial charge in [0, 0.05) is 15.8 Å². The van der Waals surface area contributed by atoms with Gasteiger partial charge in [0.05, 0.1) is 6.61 Å². The van der Waals surface area contributed by atoms with Crippen LogP contribution in [0.25, 0.3) is 0 Å². The van der Waals surface area contributed by atoms with E-state index >= 15 is 0 Å². The maximum atomic E-state index is 5.39. The molecule has 0 fully saturated rings. The van der Waals surface area contributed by atoms with Crippen molar-refractivity contribution in [3.05, 3.63) is 21.8 Å². The van der Waals surface area contributed by atoms with E-state index in [-0.39, 0.29) is 0 Å². The molecule has 0 aliphatic rings. The topological polar surface area (TPSA) is 21.3 Å². The lowest BCUT2D eigenvalue weighted by Gasteiger charge is -2.08. The molecule has 0 heterocycles. The van der Waals surface area contributed by atoms with Crippen molar-refractivity contribution in [3.63, 3.8) is 0 Å². The van der Waals surface area contributed by atoms with E-state index in [0.29, 0.717) is 0 Å². The number of halogens is 1. The lowest BCUT2D eigenvalue weighted by molar-refractivity contribution is 0.340. The van der Waals surface area contributed by atoms with E-state index in [1.807, 2.05) is 19.1 Å². The van der Waals surface area contributed by atoms with Gasteiger partial charge in [0.2, 0.25) is 0 Å². The standard InChI is InChI=1S/C10H14INO/c1-3-12-10-6-5-8(13-4-2)7-9(10)11/h5-7,12H,3-4H2,1-2H3. The molecule has 0 aliphatic carbocycles. The number of hydrogen-bond acceptors (Lipinski definition) is 2. The average molecular weight is 291 g/mol. The molecule has 1 rings (SSSR count). The minimum Gasteiger partial charge on any atom is -0.494 e. The van der Waals surface area contributed by atoms with Gasteiger partial charge in [-0.05, 0) is 54.6 Å². The molecule has 0 saturated heterocycles. The van der Waals surface area contributed by atoms with Gasteiger partial charge < -0.3 is 10.1 Å². The first-order chi connectivity index (χ1) is 6.27. The molecular formula is C10H14INO. The van der Waals surface area contributed by atoms with Crippen LogP contribution in [-0.4, -0.2) is 13.2 Å². The maximum Gasteiger partial charge on any atom is 0.120 e. The van der Waals surface area contributed by atoms with Crippen LogP contribution in [0.2, 0.25) is 0 Å². The second kappa shape index (κ2) is 5.32. The predicted molar refractivity (Wildman–Crippen MR) is 64.5 cm³/mol. The van der Waals surface area contributed by atoms with Crippen molar-refractivity contribution in [3.8, 4) is 5.75 Å². The maximum absolute atomic E-state index is 5.39. The summed E-state index contributed by atoms with van der Waals surface area (Å²) in [7, 11) is 0. The van der Waals surface area contributed by atoms with Crippen LogP contribution in [0.1, 0.15) is 13.8 Å². The molecule has 3 heteroatoms. The summed E-state index contributed by atoms with van der Waals surface area (Å²) in [5, 5.41) is 3.28. The zero-order valence-electron chi connectivity index (χ0n) is 7.93. The highest BCUT2D eigenvalue weighted by molar-refractivity contribution is 14.1. The first-order valence-corrected chi connectivity index (χ1v) is 5.52. The van der Waals surface area contributed by atoms with Gasteiger partial charge in [-0.2, -0.15) is 0 Å². The Bertz CT molecular complexity index is 276. The Labute approximate surface area is 92.8 Å². The SMILES string of the molecule is CCNc1ccc(OCC)cc1I. The fourth-order valence-corrected chi connectivity index (χ4v) is 1.76. The number of nitrogens with one attached hydrogen (secondary N) is 1. The van der Waals surface area contributed by atoms with E-state index in [0.717, 1.165) is 18.9 Å². The second-order valence-corrected chi connectivity index (χ2v) is 3.77. The van der Waals surface area contributed by atoms with Crippen LogP contribution in [-0.2, 0) is 0 Å². The lowest BCUT2D eigenvalue weighted by atomic mass is 10.3. The Kier molecular flexibility index (Phi) is 4.35. The number of ether oxygens (including phenoxy) is 1. The second-order valence-electron chi connectivity index (χ2n) is 2.60. The largest absolute Gasteiger partial charge is 0.494 e. The highest BCUT2D eigenvalue weighted by Crippen LogP contribution is 2.23. The number of rotatable bonds is 4. The molecule has 1 N–H and O–H groups in total. The molecular weight excluding hydrogens is 277 g/mol. The third-order valence-corrected chi connectivity index (χ3v) is 2.51. The molecule has 0 amide bonds. The molecule has 1 aromatic rings. The molecule has 0 atom stereocenters. The summed E-state index contributed by atoms with van der Waals surface area (Å²) >= 11 is 2.31. The Morgan fingerprint density at radius 2 is 2.15 bits per heavy atom. The van der Waals surface area contributed by atoms with Gasteiger partial charge >= 0.3 is 0 Å². The van der Waals surface area contributed by atoms with Crippen molar-refractivity contribution in [1.82, 2.24) is 0 Å². The summed E-state index contributed by atoms with van der Waals surface area (Å²) in [6, 6.07) is 6.09. The third-order valence-electron chi connectivity index (χ3n) is 1.62. The van der Waals surface area contributed by atoms with Gasteiger partial charge in [-0.15, -0.1) is 0 Å². The van der Waals surface area contributed by atoms with Crippen LogP contribution in [0.15, 0.2) is 18.2 Å². The van der Waals surface area contributed by atoms with Crippen LogP contribution in [0.5, 0.6) is 5.75 Å². The van der Waals surface area contributed by atoms with Crippen LogP contribution < -0.4 is 10.1 Å². The number of hydrogen-bond donors (Lipinski definition) is 1. The van der Waals surface area contributed by atoms with Gasteiger partial charge in [-0.25, -0.2) is 0 Å². The zero-order valence-corrected chi connectivity index (χ0v) is 10.1. The first kappa shape index (κ1) is 10.6. The predicted octanol–water partition coefficient (Wildman–Crippen LogP) is 3.12. The van der Waals surface area contributed by atoms with Crippen LogP contribution in [0.4, 0.5) is 5.69 Å². The lowest BCUT2D eigenvalue weighted by Crippen LogP contribution is -1.99.